The predicted octanol–water partition coefficient (Wildman–Crippen LogP) is 4.26. The van der Waals surface area contributed by atoms with Crippen LogP contribution in [0.4, 0.5) is 0 Å². The Hall–Kier alpha value is -4.11. The van der Waals surface area contributed by atoms with E-state index in [1.54, 1.807) is 38.9 Å². The van der Waals surface area contributed by atoms with Crippen LogP contribution in [0.15, 0.2) is 47.3 Å². The molecule has 0 radical (unpaired) electrons. The van der Waals surface area contributed by atoms with Gasteiger partial charge >= 0.3 is 11.9 Å². The molecule has 3 unspecified atom stereocenters. The molecule has 3 atom stereocenters. The lowest BCUT2D eigenvalue weighted by Crippen LogP contribution is -2.57. The molecule has 9 heteroatoms. The largest absolute Gasteiger partial charge is 0.496 e. The van der Waals surface area contributed by atoms with E-state index in [0.29, 0.717) is 38.9 Å². The summed E-state index contributed by atoms with van der Waals surface area (Å²) in [6.07, 6.45) is -1.03. The average molecular weight is 533 g/mol. The molecule has 0 saturated carbocycles. The molecule has 1 N–H and O–H groups in total. The second-order valence-electron chi connectivity index (χ2n) is 10.8. The highest BCUT2D eigenvalue weighted by atomic mass is 16.6. The number of carbonyl (C=O) groups excluding carboxylic acids is 1. The molecule has 0 spiro atoms. The minimum atomic E-state index is -1.08. The maximum Gasteiger partial charge on any atom is 0.321 e. The fourth-order valence-electron chi connectivity index (χ4n) is 6.12. The van der Waals surface area contributed by atoms with E-state index in [-0.39, 0.29) is 5.43 Å². The Balaban J connectivity index is 1.97. The Labute approximate surface area is 225 Å². The molecule has 1 aliphatic heterocycles. The molecule has 3 aromatic carbocycles. The quantitative estimate of drug-likeness (QED) is 0.300. The number of aliphatic carboxylic acids is 1. The number of likely N-dealkylation sites (N-methyl/N-ethyl adjacent to an activating group) is 1. The smallest absolute Gasteiger partial charge is 0.321 e. The van der Waals surface area contributed by atoms with Crippen LogP contribution < -0.4 is 14.9 Å². The van der Waals surface area contributed by atoms with Gasteiger partial charge in [-0.25, -0.2) is 0 Å². The van der Waals surface area contributed by atoms with Gasteiger partial charge in [0.05, 0.1) is 35.0 Å². The molecule has 39 heavy (non-hydrogen) atoms. The highest BCUT2D eigenvalue weighted by Crippen LogP contribution is 2.52. The van der Waals surface area contributed by atoms with E-state index in [1.807, 2.05) is 48.0 Å². The van der Waals surface area contributed by atoms with Gasteiger partial charge in [0, 0.05) is 25.4 Å². The van der Waals surface area contributed by atoms with Crippen molar-refractivity contribution in [2.75, 3.05) is 21.2 Å². The van der Waals surface area contributed by atoms with Crippen molar-refractivity contribution in [3.8, 4) is 11.5 Å². The molecule has 0 saturated heterocycles. The van der Waals surface area contributed by atoms with Crippen LogP contribution in [0.25, 0.3) is 32.6 Å². The third kappa shape index (κ3) is 4.08. The summed E-state index contributed by atoms with van der Waals surface area (Å²) in [6.45, 7) is 4.84. The predicted molar refractivity (Wildman–Crippen MR) is 149 cm³/mol. The first kappa shape index (κ1) is 26.5. The van der Waals surface area contributed by atoms with Crippen molar-refractivity contribution >= 4 is 44.5 Å². The van der Waals surface area contributed by atoms with Gasteiger partial charge in [-0.3, -0.25) is 19.3 Å². The minimum Gasteiger partial charge on any atom is -0.496 e. The Morgan fingerprint density at radius 3 is 2.33 bits per heavy atom. The van der Waals surface area contributed by atoms with Crippen LogP contribution >= 0.6 is 0 Å². The second-order valence-corrected chi connectivity index (χ2v) is 10.8. The number of esters is 1. The SMILES string of the molecule is COc1cc2c(c3c1c(=O)c1cc4ccccc4cc1n3C)C(OC(C)=O)C(C(C(=O)O)N(C)C)C(C)(C)O2. The summed E-state index contributed by atoms with van der Waals surface area (Å²) < 4.78 is 20.0. The van der Waals surface area contributed by atoms with Gasteiger partial charge < -0.3 is 23.9 Å². The van der Waals surface area contributed by atoms with Crippen molar-refractivity contribution in [1.82, 2.24) is 9.47 Å². The molecule has 0 fully saturated rings. The fraction of sp³-hybridized carbons (Fsp3) is 0.367. The first-order valence-corrected chi connectivity index (χ1v) is 12.7. The zero-order valence-corrected chi connectivity index (χ0v) is 23.1. The zero-order chi connectivity index (χ0) is 28.4. The molecule has 1 aromatic heterocycles. The van der Waals surface area contributed by atoms with Crippen LogP contribution in [-0.4, -0.2) is 59.4 Å². The van der Waals surface area contributed by atoms with Crippen molar-refractivity contribution in [2.24, 2.45) is 13.0 Å². The van der Waals surface area contributed by atoms with Gasteiger partial charge in [0.2, 0.25) is 5.43 Å². The maximum atomic E-state index is 14.1. The fourth-order valence-corrected chi connectivity index (χ4v) is 6.12. The van der Waals surface area contributed by atoms with Crippen molar-refractivity contribution in [1.29, 1.82) is 0 Å². The Bertz CT molecular complexity index is 1720. The molecule has 9 nitrogen and oxygen atoms in total. The molecule has 1 aliphatic rings. The van der Waals surface area contributed by atoms with Gasteiger partial charge in [-0.2, -0.15) is 0 Å². The topological polar surface area (TPSA) is 107 Å². The van der Waals surface area contributed by atoms with Crippen molar-refractivity contribution in [3.63, 3.8) is 0 Å². The van der Waals surface area contributed by atoms with E-state index in [1.165, 1.54) is 14.0 Å². The molecular formula is C30H32N2O7. The number of methoxy groups -OCH3 is 1. The van der Waals surface area contributed by atoms with Gasteiger partial charge in [-0.15, -0.1) is 0 Å². The number of benzene rings is 3. The minimum absolute atomic E-state index is 0.242. The van der Waals surface area contributed by atoms with Crippen LogP contribution in [0.5, 0.6) is 11.5 Å². The second kappa shape index (κ2) is 9.27. The standard InChI is InChI=1S/C30H32N2O7/c1-15(33)38-28-23-21(39-30(2,3)24(28)26(29(35)36)31(4)5)14-20(37-7)22-25(23)32(6)19-13-17-11-9-8-10-16(17)12-18(19)27(22)34/h8-14,24,26,28H,1-7H3,(H,35,36). The van der Waals surface area contributed by atoms with E-state index in [2.05, 4.69) is 0 Å². The van der Waals surface area contributed by atoms with Crippen LogP contribution in [0.3, 0.4) is 0 Å². The van der Waals surface area contributed by atoms with Crippen LogP contribution in [-0.2, 0) is 21.4 Å². The first-order valence-electron chi connectivity index (χ1n) is 12.7. The Morgan fingerprint density at radius 2 is 1.77 bits per heavy atom. The number of carbonyl (C=O) groups is 2. The van der Waals surface area contributed by atoms with Gasteiger partial charge in [0.15, 0.2) is 0 Å². The van der Waals surface area contributed by atoms with Crippen molar-refractivity contribution in [2.45, 2.75) is 38.5 Å². The molecular weight excluding hydrogens is 500 g/mol. The summed E-state index contributed by atoms with van der Waals surface area (Å²) in [4.78, 5) is 40.7. The summed E-state index contributed by atoms with van der Waals surface area (Å²) in [7, 11) is 6.64. The lowest BCUT2D eigenvalue weighted by molar-refractivity contribution is -0.170. The number of rotatable bonds is 5. The Kier molecular flexibility index (Phi) is 6.30. The highest BCUT2D eigenvalue weighted by Gasteiger charge is 2.53. The zero-order valence-electron chi connectivity index (χ0n) is 23.1. The number of nitrogens with zero attached hydrogens (tertiary/aromatic N) is 2. The molecule has 0 amide bonds. The van der Waals surface area contributed by atoms with Crippen molar-refractivity contribution < 1.29 is 28.9 Å². The lowest BCUT2D eigenvalue weighted by atomic mass is 9.74. The molecule has 0 aliphatic carbocycles. The summed E-state index contributed by atoms with van der Waals surface area (Å²) in [5.41, 5.74) is 0.270. The molecule has 5 rings (SSSR count). The molecule has 204 valence electrons. The van der Waals surface area contributed by atoms with E-state index in [4.69, 9.17) is 14.2 Å². The van der Waals surface area contributed by atoms with Crippen molar-refractivity contribution in [3.05, 3.63) is 58.3 Å². The number of aryl methyl sites for hydroxylation is 1. The summed E-state index contributed by atoms with van der Waals surface area (Å²) >= 11 is 0. The molecule has 4 aromatic rings. The molecule has 2 heterocycles. The monoisotopic (exact) mass is 532 g/mol. The number of carboxylic acids is 1. The number of hydrogen-bond acceptors (Lipinski definition) is 7. The molecule has 0 bridgehead atoms. The Morgan fingerprint density at radius 1 is 1.13 bits per heavy atom. The summed E-state index contributed by atoms with van der Waals surface area (Å²) in [6, 6.07) is 12.2. The van der Waals surface area contributed by atoms with Crippen LogP contribution in [0.2, 0.25) is 0 Å². The van der Waals surface area contributed by atoms with Gasteiger partial charge in [-0.05, 0) is 50.8 Å². The number of hydrogen-bond donors (Lipinski definition) is 1. The van der Waals surface area contributed by atoms with E-state index in [0.717, 1.165) is 10.8 Å². The van der Waals surface area contributed by atoms with E-state index < -0.39 is 35.6 Å². The lowest BCUT2D eigenvalue weighted by Gasteiger charge is -2.48. The highest BCUT2D eigenvalue weighted by molar-refractivity contribution is 6.04. The third-order valence-electron chi connectivity index (χ3n) is 7.75. The van der Waals surface area contributed by atoms with Gasteiger partial charge in [0.1, 0.15) is 29.2 Å². The summed E-state index contributed by atoms with van der Waals surface area (Å²) in [5.74, 6) is -1.79. The normalized spacial score (nSPS) is 19.1. The number of fused-ring (bicyclic) bond motifs is 5. The first-order chi connectivity index (χ1) is 18.4. The van der Waals surface area contributed by atoms with Gasteiger partial charge in [0.25, 0.3) is 0 Å². The van der Waals surface area contributed by atoms with Crippen LogP contribution in [0.1, 0.15) is 32.4 Å². The number of pyridine rings is 1. The van der Waals surface area contributed by atoms with Crippen LogP contribution in [0, 0.1) is 5.92 Å². The maximum absolute atomic E-state index is 14.1. The number of aromatic nitrogens is 1. The van der Waals surface area contributed by atoms with Gasteiger partial charge in [-0.1, -0.05) is 24.3 Å². The number of ether oxygens (including phenoxy) is 3. The average Bonchev–Trinajstić information content (AvgIpc) is 2.86. The van der Waals surface area contributed by atoms with E-state index >= 15 is 0 Å². The number of carboxylic acid groups (broad SMARTS) is 1. The summed E-state index contributed by atoms with van der Waals surface area (Å²) in [5, 5.41) is 13.0. The van der Waals surface area contributed by atoms with E-state index in [9.17, 15) is 19.5 Å². The third-order valence-corrected chi connectivity index (χ3v) is 7.75.